The highest BCUT2D eigenvalue weighted by molar-refractivity contribution is 7.98. The van der Waals surface area contributed by atoms with Crippen LogP contribution in [0, 0.1) is 11.8 Å². The van der Waals surface area contributed by atoms with Crippen LogP contribution in [-0.2, 0) is 9.59 Å². The third-order valence-corrected chi connectivity index (χ3v) is 6.74. The highest BCUT2D eigenvalue weighted by Gasteiger charge is 2.33. The predicted molar refractivity (Wildman–Crippen MR) is 110 cm³/mol. The molecule has 148 valence electrons. The fourth-order valence-electron chi connectivity index (χ4n) is 4.48. The summed E-state index contributed by atoms with van der Waals surface area (Å²) in [5.74, 6) is 1.67. The van der Waals surface area contributed by atoms with Crippen LogP contribution >= 0.6 is 11.8 Å². The number of quaternary nitrogens is 1. The molecule has 1 aromatic carbocycles. The second kappa shape index (κ2) is 9.60. The minimum atomic E-state index is -0.0483. The highest BCUT2D eigenvalue weighted by atomic mass is 32.2. The van der Waals surface area contributed by atoms with E-state index in [4.69, 9.17) is 0 Å². The SMILES string of the molecule is CSc1ccccc1NC(=O)C[NH+](C)CC(=O)N1CC[C@@H]2CCCC[C@@H]2C1. The molecule has 2 N–H and O–H groups in total. The lowest BCUT2D eigenvalue weighted by atomic mass is 9.75. The second-order valence-corrected chi connectivity index (χ2v) is 8.84. The number of benzene rings is 1. The van der Waals surface area contributed by atoms with Crippen LogP contribution in [0.4, 0.5) is 5.69 Å². The van der Waals surface area contributed by atoms with E-state index in [9.17, 15) is 9.59 Å². The zero-order chi connectivity index (χ0) is 19.2. The molecule has 6 heteroatoms. The summed E-state index contributed by atoms with van der Waals surface area (Å²) in [6.07, 6.45) is 8.44. The number of nitrogens with zero attached hydrogens (tertiary/aromatic N) is 1. The van der Waals surface area contributed by atoms with Gasteiger partial charge in [-0.25, -0.2) is 0 Å². The molecule has 3 rings (SSSR count). The van der Waals surface area contributed by atoms with E-state index in [0.29, 0.717) is 19.0 Å². The molecule has 1 aliphatic heterocycles. The summed E-state index contributed by atoms with van der Waals surface area (Å²) in [4.78, 5) is 29.1. The van der Waals surface area contributed by atoms with Crippen LogP contribution in [0.1, 0.15) is 32.1 Å². The molecule has 0 spiro atoms. The van der Waals surface area contributed by atoms with E-state index in [-0.39, 0.29) is 11.8 Å². The van der Waals surface area contributed by atoms with Gasteiger partial charge in [0.1, 0.15) is 0 Å². The summed E-state index contributed by atoms with van der Waals surface area (Å²) in [6.45, 7) is 2.49. The first-order chi connectivity index (χ1) is 13.1. The van der Waals surface area contributed by atoms with Gasteiger partial charge < -0.3 is 15.1 Å². The Morgan fingerprint density at radius 3 is 2.67 bits per heavy atom. The summed E-state index contributed by atoms with van der Waals surface area (Å²) in [5, 5.41) is 2.98. The Morgan fingerprint density at radius 2 is 1.89 bits per heavy atom. The van der Waals surface area contributed by atoms with E-state index >= 15 is 0 Å². The fraction of sp³-hybridized carbons (Fsp3) is 0.619. The third-order valence-electron chi connectivity index (χ3n) is 5.94. The van der Waals surface area contributed by atoms with Crippen LogP contribution in [-0.4, -0.2) is 56.2 Å². The number of amides is 2. The molecule has 1 aliphatic carbocycles. The van der Waals surface area contributed by atoms with Gasteiger partial charge in [0.15, 0.2) is 13.1 Å². The Hall–Kier alpha value is -1.53. The quantitative estimate of drug-likeness (QED) is 0.730. The maximum absolute atomic E-state index is 12.7. The molecular formula is C21H32N3O2S+. The number of para-hydroxylation sites is 1. The lowest BCUT2D eigenvalue weighted by Gasteiger charge is -2.41. The zero-order valence-corrected chi connectivity index (χ0v) is 17.3. The molecule has 0 radical (unpaired) electrons. The number of piperidine rings is 1. The minimum absolute atomic E-state index is 0.0483. The monoisotopic (exact) mass is 390 g/mol. The zero-order valence-electron chi connectivity index (χ0n) is 16.5. The number of nitrogens with one attached hydrogen (secondary N) is 2. The number of likely N-dealkylation sites (N-methyl/N-ethyl adjacent to an activating group) is 1. The molecule has 27 heavy (non-hydrogen) atoms. The van der Waals surface area contributed by atoms with Crippen LogP contribution < -0.4 is 10.2 Å². The fourth-order valence-corrected chi connectivity index (χ4v) is 5.03. The molecule has 2 aliphatic rings. The van der Waals surface area contributed by atoms with Gasteiger partial charge >= 0.3 is 0 Å². The van der Waals surface area contributed by atoms with Crippen molar-refractivity contribution >= 4 is 29.3 Å². The number of hydrogen-bond acceptors (Lipinski definition) is 3. The Morgan fingerprint density at radius 1 is 1.15 bits per heavy atom. The highest BCUT2D eigenvalue weighted by Crippen LogP contribution is 2.35. The lowest BCUT2D eigenvalue weighted by Crippen LogP contribution is -3.11. The number of rotatable bonds is 6. The van der Waals surface area contributed by atoms with Crippen LogP contribution in [0.15, 0.2) is 29.2 Å². The number of carbonyl (C=O) groups is 2. The number of carbonyl (C=O) groups excluding carboxylic acids is 2. The van der Waals surface area contributed by atoms with E-state index in [2.05, 4.69) is 5.32 Å². The molecule has 3 atom stereocenters. The van der Waals surface area contributed by atoms with Crippen molar-refractivity contribution in [3.8, 4) is 0 Å². The van der Waals surface area contributed by atoms with Gasteiger partial charge in [-0.15, -0.1) is 11.8 Å². The van der Waals surface area contributed by atoms with Crippen molar-refractivity contribution in [3.05, 3.63) is 24.3 Å². The molecule has 0 aromatic heterocycles. The van der Waals surface area contributed by atoms with Gasteiger partial charge in [-0.05, 0) is 43.1 Å². The minimum Gasteiger partial charge on any atom is -0.338 e. The number of hydrogen-bond donors (Lipinski definition) is 2. The van der Waals surface area contributed by atoms with Gasteiger partial charge in [-0.2, -0.15) is 0 Å². The lowest BCUT2D eigenvalue weighted by molar-refractivity contribution is -0.862. The van der Waals surface area contributed by atoms with Crippen LogP contribution in [0.5, 0.6) is 0 Å². The molecule has 1 saturated heterocycles. The Labute approximate surface area is 166 Å². The van der Waals surface area contributed by atoms with E-state index in [1.54, 1.807) is 11.8 Å². The summed E-state index contributed by atoms with van der Waals surface area (Å²) in [5.41, 5.74) is 0.841. The average Bonchev–Trinajstić information content (AvgIpc) is 2.67. The van der Waals surface area contributed by atoms with Gasteiger partial charge in [-0.3, -0.25) is 9.59 Å². The topological polar surface area (TPSA) is 53.9 Å². The molecule has 2 amide bonds. The van der Waals surface area contributed by atoms with E-state index in [0.717, 1.165) is 40.9 Å². The average molecular weight is 391 g/mol. The predicted octanol–water partition coefficient (Wildman–Crippen LogP) is 1.90. The molecule has 1 unspecified atom stereocenters. The molecular weight excluding hydrogens is 358 g/mol. The smallest absolute Gasteiger partial charge is 0.279 e. The van der Waals surface area contributed by atoms with Crippen LogP contribution in [0.2, 0.25) is 0 Å². The first-order valence-electron chi connectivity index (χ1n) is 10.1. The largest absolute Gasteiger partial charge is 0.338 e. The maximum Gasteiger partial charge on any atom is 0.279 e. The van der Waals surface area contributed by atoms with Crippen LogP contribution in [0.3, 0.4) is 0 Å². The van der Waals surface area contributed by atoms with Crippen molar-refractivity contribution in [2.45, 2.75) is 37.0 Å². The molecule has 1 saturated carbocycles. The Bertz CT molecular complexity index is 667. The van der Waals surface area contributed by atoms with Crippen molar-refractivity contribution in [2.24, 2.45) is 11.8 Å². The van der Waals surface area contributed by atoms with Crippen molar-refractivity contribution in [2.75, 3.05) is 44.8 Å². The number of fused-ring (bicyclic) bond motifs is 1. The molecule has 5 nitrogen and oxygen atoms in total. The van der Waals surface area contributed by atoms with Crippen molar-refractivity contribution < 1.29 is 14.5 Å². The summed E-state index contributed by atoms with van der Waals surface area (Å²) in [6, 6.07) is 7.80. The first kappa shape index (κ1) is 20.2. The first-order valence-corrected chi connectivity index (χ1v) is 11.3. The molecule has 2 fully saturated rings. The van der Waals surface area contributed by atoms with Gasteiger partial charge in [-0.1, -0.05) is 31.4 Å². The van der Waals surface area contributed by atoms with E-state index in [1.165, 1.54) is 25.7 Å². The second-order valence-electron chi connectivity index (χ2n) is 7.99. The van der Waals surface area contributed by atoms with Gasteiger partial charge in [0, 0.05) is 18.0 Å². The van der Waals surface area contributed by atoms with Gasteiger partial charge in [0.25, 0.3) is 11.8 Å². The summed E-state index contributed by atoms with van der Waals surface area (Å²) >= 11 is 1.61. The van der Waals surface area contributed by atoms with Gasteiger partial charge in [0.05, 0.1) is 12.7 Å². The third kappa shape index (κ3) is 5.48. The number of likely N-dealkylation sites (tertiary alicyclic amines) is 1. The maximum atomic E-state index is 12.7. The van der Waals surface area contributed by atoms with Crippen molar-refractivity contribution in [1.82, 2.24) is 4.90 Å². The Balaban J connectivity index is 1.46. The van der Waals surface area contributed by atoms with Gasteiger partial charge in [0.2, 0.25) is 0 Å². The Kier molecular flexibility index (Phi) is 7.19. The van der Waals surface area contributed by atoms with Crippen molar-refractivity contribution in [3.63, 3.8) is 0 Å². The normalized spacial score (nSPS) is 23.4. The standard InChI is InChI=1S/C21H31N3O2S/c1-23(14-20(25)22-18-9-5-6-10-19(18)27-2)15-21(26)24-12-11-16-7-3-4-8-17(16)13-24/h5-6,9-10,16-17H,3-4,7-8,11-15H2,1-2H3,(H,22,25)/p+1/t16-,17+/m0/s1. The van der Waals surface area contributed by atoms with Crippen LogP contribution in [0.25, 0.3) is 0 Å². The van der Waals surface area contributed by atoms with E-state index < -0.39 is 0 Å². The van der Waals surface area contributed by atoms with Crippen molar-refractivity contribution in [1.29, 1.82) is 0 Å². The summed E-state index contributed by atoms with van der Waals surface area (Å²) in [7, 11) is 1.92. The number of thioether (sulfide) groups is 1. The van der Waals surface area contributed by atoms with E-state index in [1.807, 2.05) is 42.5 Å². The summed E-state index contributed by atoms with van der Waals surface area (Å²) < 4.78 is 0. The molecule has 1 heterocycles. The molecule has 0 bridgehead atoms. The number of anilines is 1. The molecule has 1 aromatic rings.